The molecule has 0 aliphatic heterocycles. The van der Waals surface area contributed by atoms with E-state index in [0.29, 0.717) is 0 Å². The summed E-state index contributed by atoms with van der Waals surface area (Å²) in [5.74, 6) is -2.72. The zero-order valence-electron chi connectivity index (χ0n) is 8.63. The van der Waals surface area contributed by atoms with Gasteiger partial charge in [0.25, 0.3) is 0 Å². The molecule has 88 valence electrons. The van der Waals surface area contributed by atoms with Crippen LogP contribution in [0.25, 0.3) is 10.9 Å². The van der Waals surface area contributed by atoms with E-state index in [1.807, 2.05) is 0 Å². The van der Waals surface area contributed by atoms with E-state index < -0.39 is 17.6 Å². The molecule has 0 N–H and O–H groups in total. The summed E-state index contributed by atoms with van der Waals surface area (Å²) in [5, 5.41) is 0.157. The number of methoxy groups -OCH3 is 1. The molecule has 0 aliphatic rings. The van der Waals surface area contributed by atoms with Crippen molar-refractivity contribution in [3.63, 3.8) is 0 Å². The van der Waals surface area contributed by atoms with Gasteiger partial charge < -0.3 is 4.74 Å². The van der Waals surface area contributed by atoms with Crippen molar-refractivity contribution in [2.45, 2.75) is 0 Å². The molecule has 0 aliphatic carbocycles. The molecule has 0 unspecified atom stereocenters. The highest BCUT2D eigenvalue weighted by molar-refractivity contribution is 6.32. The number of hydrogen-bond acceptors (Lipinski definition) is 3. The third-order valence-corrected chi connectivity index (χ3v) is 2.50. The molecule has 1 heterocycles. The highest BCUT2D eigenvalue weighted by atomic mass is 35.5. The highest BCUT2D eigenvalue weighted by Crippen LogP contribution is 2.23. The van der Waals surface area contributed by atoms with Crippen LogP contribution in [-0.2, 0) is 4.74 Å². The molecule has 2 rings (SSSR count). The summed E-state index contributed by atoms with van der Waals surface area (Å²) >= 11 is 5.74. The first-order valence-corrected chi connectivity index (χ1v) is 4.94. The van der Waals surface area contributed by atoms with Crippen molar-refractivity contribution < 1.29 is 18.3 Å². The number of rotatable bonds is 1. The number of benzene rings is 1. The number of halogens is 3. The van der Waals surface area contributed by atoms with Crippen LogP contribution in [0.4, 0.5) is 8.78 Å². The highest BCUT2D eigenvalue weighted by Gasteiger charge is 2.14. The van der Waals surface area contributed by atoms with E-state index >= 15 is 0 Å². The Balaban J connectivity index is 2.71. The summed E-state index contributed by atoms with van der Waals surface area (Å²) in [5.41, 5.74) is 0.175. The molecule has 1 aromatic carbocycles. The van der Waals surface area contributed by atoms with Crippen LogP contribution < -0.4 is 0 Å². The van der Waals surface area contributed by atoms with E-state index in [0.717, 1.165) is 12.1 Å². The van der Waals surface area contributed by atoms with E-state index in [9.17, 15) is 13.6 Å². The number of carbonyl (C=O) groups excluding carboxylic acids is 1. The predicted octanol–water partition coefficient (Wildman–Crippen LogP) is 2.95. The molecule has 0 spiro atoms. The first-order valence-electron chi connectivity index (χ1n) is 4.56. The normalized spacial score (nSPS) is 10.6. The zero-order valence-corrected chi connectivity index (χ0v) is 9.39. The fraction of sp³-hybridized carbons (Fsp3) is 0.0909. The molecule has 0 amide bonds. The molecule has 2 aromatic rings. The Morgan fingerprint density at radius 3 is 2.59 bits per heavy atom. The first-order chi connectivity index (χ1) is 8.02. The SMILES string of the molecule is COC(=O)c1cc2cc(F)c(F)cc2nc1Cl. The molecule has 0 bridgehead atoms. The average molecular weight is 258 g/mol. The van der Waals surface area contributed by atoms with E-state index in [1.165, 1.54) is 13.2 Å². The van der Waals surface area contributed by atoms with Crippen LogP contribution in [0.15, 0.2) is 18.2 Å². The summed E-state index contributed by atoms with van der Waals surface area (Å²) in [6.07, 6.45) is 0. The van der Waals surface area contributed by atoms with Gasteiger partial charge in [-0.3, -0.25) is 0 Å². The molecule has 0 saturated heterocycles. The molecule has 0 atom stereocenters. The molecule has 3 nitrogen and oxygen atoms in total. The van der Waals surface area contributed by atoms with E-state index in [1.54, 1.807) is 0 Å². The number of pyridine rings is 1. The van der Waals surface area contributed by atoms with Crippen molar-refractivity contribution in [2.24, 2.45) is 0 Å². The van der Waals surface area contributed by atoms with Crippen molar-refractivity contribution in [1.29, 1.82) is 0 Å². The van der Waals surface area contributed by atoms with Crippen molar-refractivity contribution in [3.8, 4) is 0 Å². The van der Waals surface area contributed by atoms with Crippen molar-refractivity contribution in [3.05, 3.63) is 40.6 Å². The lowest BCUT2D eigenvalue weighted by Crippen LogP contribution is -2.03. The summed E-state index contributed by atoms with van der Waals surface area (Å²) in [6.45, 7) is 0. The van der Waals surface area contributed by atoms with Crippen molar-refractivity contribution >= 4 is 28.5 Å². The second-order valence-electron chi connectivity index (χ2n) is 3.28. The Morgan fingerprint density at radius 1 is 1.29 bits per heavy atom. The summed E-state index contributed by atoms with van der Waals surface area (Å²) in [6, 6.07) is 3.16. The van der Waals surface area contributed by atoms with Crippen molar-refractivity contribution in [2.75, 3.05) is 7.11 Å². The Hall–Kier alpha value is -1.75. The van der Waals surface area contributed by atoms with Crippen LogP contribution in [0.1, 0.15) is 10.4 Å². The summed E-state index contributed by atoms with van der Waals surface area (Å²) in [4.78, 5) is 15.1. The number of aromatic nitrogens is 1. The van der Waals surface area contributed by atoms with Crippen LogP contribution in [0.2, 0.25) is 5.15 Å². The lowest BCUT2D eigenvalue weighted by atomic mass is 10.1. The van der Waals surface area contributed by atoms with Crippen LogP contribution in [0.5, 0.6) is 0 Å². The lowest BCUT2D eigenvalue weighted by Gasteiger charge is -2.04. The number of esters is 1. The van der Waals surface area contributed by atoms with Gasteiger partial charge in [-0.05, 0) is 12.1 Å². The molecule has 0 radical (unpaired) electrons. The maximum absolute atomic E-state index is 13.0. The summed E-state index contributed by atoms with van der Waals surface area (Å²) < 4.78 is 30.5. The minimum Gasteiger partial charge on any atom is -0.465 e. The zero-order chi connectivity index (χ0) is 12.6. The van der Waals surface area contributed by atoms with Gasteiger partial charge in [-0.2, -0.15) is 0 Å². The van der Waals surface area contributed by atoms with Gasteiger partial charge in [0.1, 0.15) is 5.15 Å². The Bertz CT molecular complexity index is 616. The smallest absolute Gasteiger partial charge is 0.341 e. The monoisotopic (exact) mass is 257 g/mol. The average Bonchev–Trinajstić information content (AvgIpc) is 2.30. The number of carbonyl (C=O) groups is 1. The lowest BCUT2D eigenvalue weighted by molar-refractivity contribution is 0.0600. The fourth-order valence-corrected chi connectivity index (χ4v) is 1.62. The fourth-order valence-electron chi connectivity index (χ4n) is 1.40. The molecule has 0 saturated carbocycles. The van der Waals surface area contributed by atoms with Gasteiger partial charge in [0.2, 0.25) is 0 Å². The molecule has 0 fully saturated rings. The Kier molecular flexibility index (Phi) is 2.93. The Labute approximate surface area is 100.0 Å². The van der Waals surface area contributed by atoms with E-state index in [-0.39, 0.29) is 21.6 Å². The maximum Gasteiger partial charge on any atom is 0.341 e. The quantitative estimate of drug-likeness (QED) is 0.582. The van der Waals surface area contributed by atoms with Gasteiger partial charge in [-0.1, -0.05) is 11.6 Å². The molecule has 1 aromatic heterocycles. The topological polar surface area (TPSA) is 39.2 Å². The maximum atomic E-state index is 13.0. The van der Waals surface area contributed by atoms with Gasteiger partial charge in [0.05, 0.1) is 18.2 Å². The molecule has 17 heavy (non-hydrogen) atoms. The van der Waals surface area contributed by atoms with Gasteiger partial charge in [0.15, 0.2) is 11.6 Å². The van der Waals surface area contributed by atoms with E-state index in [2.05, 4.69) is 9.72 Å². The number of fused-ring (bicyclic) bond motifs is 1. The predicted molar refractivity (Wildman–Crippen MR) is 58.0 cm³/mol. The van der Waals surface area contributed by atoms with Crippen LogP contribution in [-0.4, -0.2) is 18.1 Å². The van der Waals surface area contributed by atoms with Gasteiger partial charge in [-0.15, -0.1) is 0 Å². The summed E-state index contributed by atoms with van der Waals surface area (Å²) in [7, 11) is 1.19. The number of ether oxygens (including phenoxy) is 1. The minimum absolute atomic E-state index is 0.00711. The van der Waals surface area contributed by atoms with Gasteiger partial charge >= 0.3 is 5.97 Å². The van der Waals surface area contributed by atoms with Crippen LogP contribution in [0.3, 0.4) is 0 Å². The Morgan fingerprint density at radius 2 is 1.94 bits per heavy atom. The number of hydrogen-bond donors (Lipinski definition) is 0. The second kappa shape index (κ2) is 4.25. The number of nitrogens with zero attached hydrogens (tertiary/aromatic N) is 1. The molecule has 6 heteroatoms. The third kappa shape index (κ3) is 2.06. The first kappa shape index (κ1) is 11.7. The van der Waals surface area contributed by atoms with Gasteiger partial charge in [0, 0.05) is 11.5 Å². The van der Waals surface area contributed by atoms with Crippen LogP contribution >= 0.6 is 11.6 Å². The van der Waals surface area contributed by atoms with Gasteiger partial charge in [-0.25, -0.2) is 18.6 Å². The van der Waals surface area contributed by atoms with E-state index in [4.69, 9.17) is 11.6 Å². The third-order valence-electron chi connectivity index (χ3n) is 2.22. The second-order valence-corrected chi connectivity index (χ2v) is 3.64. The van der Waals surface area contributed by atoms with Crippen LogP contribution in [0, 0.1) is 11.6 Å². The molecular formula is C11H6ClF2NO2. The largest absolute Gasteiger partial charge is 0.465 e. The minimum atomic E-state index is -1.02. The standard InChI is InChI=1S/C11H6ClF2NO2/c1-17-11(16)6-2-5-3-7(13)8(14)4-9(5)15-10(6)12/h2-4H,1H3. The van der Waals surface area contributed by atoms with Crippen molar-refractivity contribution in [1.82, 2.24) is 4.98 Å². The molecular weight excluding hydrogens is 252 g/mol.